The van der Waals surface area contributed by atoms with E-state index in [1.807, 2.05) is 66.1 Å². The Morgan fingerprint density at radius 2 is 1.78 bits per heavy atom. The lowest BCUT2D eigenvalue weighted by Crippen LogP contribution is -2.20. The van der Waals surface area contributed by atoms with E-state index in [-0.39, 0.29) is 11.2 Å². The van der Waals surface area contributed by atoms with E-state index in [1.165, 1.54) is 0 Å². The van der Waals surface area contributed by atoms with Crippen molar-refractivity contribution in [2.75, 3.05) is 6.61 Å². The van der Waals surface area contributed by atoms with Gasteiger partial charge < -0.3 is 13.6 Å². The number of ether oxygens (including phenoxy) is 1. The Hall–Kier alpha value is -4.46. The van der Waals surface area contributed by atoms with Gasteiger partial charge in [-0.2, -0.15) is 0 Å². The van der Waals surface area contributed by atoms with Gasteiger partial charge in [-0.1, -0.05) is 24.3 Å². The van der Waals surface area contributed by atoms with E-state index in [9.17, 15) is 9.59 Å². The van der Waals surface area contributed by atoms with Crippen molar-refractivity contribution in [3.8, 4) is 11.6 Å². The highest BCUT2D eigenvalue weighted by Crippen LogP contribution is 2.27. The van der Waals surface area contributed by atoms with Gasteiger partial charge in [0, 0.05) is 6.20 Å². The first-order valence-corrected chi connectivity index (χ1v) is 9.96. The van der Waals surface area contributed by atoms with E-state index in [4.69, 9.17) is 13.6 Å². The van der Waals surface area contributed by atoms with Gasteiger partial charge in [-0.05, 0) is 55.0 Å². The summed E-state index contributed by atoms with van der Waals surface area (Å²) in [7, 11) is 0. The summed E-state index contributed by atoms with van der Waals surface area (Å²) in [6.07, 6.45) is 5.43. The minimum Gasteiger partial charge on any atom is -0.494 e. The van der Waals surface area contributed by atoms with Gasteiger partial charge in [0.1, 0.15) is 22.9 Å². The topological polar surface area (TPSA) is 100 Å². The maximum absolute atomic E-state index is 11.8. The van der Waals surface area contributed by atoms with Crippen LogP contribution >= 0.6 is 0 Å². The van der Waals surface area contributed by atoms with Crippen molar-refractivity contribution < 1.29 is 13.6 Å². The van der Waals surface area contributed by atoms with Crippen molar-refractivity contribution in [2.45, 2.75) is 6.92 Å². The number of nitrogens with zero attached hydrogens (tertiary/aromatic N) is 3. The molecule has 0 unspecified atom stereocenters. The van der Waals surface area contributed by atoms with Gasteiger partial charge in [-0.3, -0.25) is 4.57 Å². The lowest BCUT2D eigenvalue weighted by atomic mass is 10.2. The Morgan fingerprint density at radius 3 is 2.53 bits per heavy atom. The Kier molecular flexibility index (Phi) is 4.87. The Labute approximate surface area is 181 Å². The molecule has 0 saturated heterocycles. The van der Waals surface area contributed by atoms with Crippen LogP contribution in [-0.2, 0) is 0 Å². The quantitative estimate of drug-likeness (QED) is 0.390. The van der Waals surface area contributed by atoms with Crippen LogP contribution in [0, 0.1) is 0 Å². The fourth-order valence-electron chi connectivity index (χ4n) is 3.42. The third kappa shape index (κ3) is 3.47. The fraction of sp³-hybridized carbons (Fsp3) is 0.0833. The molecule has 2 aromatic carbocycles. The predicted molar refractivity (Wildman–Crippen MR) is 120 cm³/mol. The summed E-state index contributed by atoms with van der Waals surface area (Å²) >= 11 is 0. The molecule has 0 N–H and O–H groups in total. The molecule has 32 heavy (non-hydrogen) atoms. The summed E-state index contributed by atoms with van der Waals surface area (Å²) in [5.74, 6) is 2.00. The zero-order valence-electron chi connectivity index (χ0n) is 17.0. The summed E-state index contributed by atoms with van der Waals surface area (Å²) in [6, 6.07) is 16.5. The van der Waals surface area contributed by atoms with Crippen molar-refractivity contribution in [3.63, 3.8) is 0 Å². The van der Waals surface area contributed by atoms with E-state index in [0.717, 1.165) is 11.3 Å². The van der Waals surface area contributed by atoms with E-state index in [0.29, 0.717) is 29.3 Å². The molecule has 0 fully saturated rings. The molecular weight excluding hydrogens is 410 g/mol. The second kappa shape index (κ2) is 7.99. The van der Waals surface area contributed by atoms with Crippen LogP contribution in [0.2, 0.25) is 0 Å². The van der Waals surface area contributed by atoms with Crippen molar-refractivity contribution >= 4 is 34.4 Å². The molecule has 0 bridgehead atoms. The second-order valence-electron chi connectivity index (χ2n) is 6.87. The van der Waals surface area contributed by atoms with E-state index in [1.54, 1.807) is 18.3 Å². The van der Waals surface area contributed by atoms with Crippen molar-refractivity contribution in [1.82, 2.24) is 14.5 Å². The molecule has 0 aliphatic rings. The van der Waals surface area contributed by atoms with Crippen LogP contribution in [0.5, 0.6) is 5.75 Å². The molecule has 5 rings (SSSR count). The van der Waals surface area contributed by atoms with Gasteiger partial charge in [-0.15, -0.1) is 0 Å². The van der Waals surface area contributed by atoms with Crippen LogP contribution in [0.15, 0.2) is 79.2 Å². The largest absolute Gasteiger partial charge is 0.494 e. The summed E-state index contributed by atoms with van der Waals surface area (Å²) in [5, 5.41) is 0. The average molecular weight is 427 g/mol. The number of benzene rings is 2. The van der Waals surface area contributed by atoms with Crippen molar-refractivity contribution in [2.24, 2.45) is 0 Å². The summed E-state index contributed by atoms with van der Waals surface area (Å²) in [5.41, 5.74) is 0.114. The highest BCUT2D eigenvalue weighted by molar-refractivity contribution is 5.99. The minimum absolute atomic E-state index is 0.109. The van der Waals surface area contributed by atoms with Gasteiger partial charge in [0.25, 0.3) is 0 Å². The summed E-state index contributed by atoms with van der Waals surface area (Å²) < 4.78 is 17.6. The van der Waals surface area contributed by atoms with E-state index in [2.05, 4.69) is 9.97 Å². The van der Waals surface area contributed by atoms with Gasteiger partial charge in [0.15, 0.2) is 5.58 Å². The minimum atomic E-state index is -1.08. The molecule has 5 aromatic rings. The van der Waals surface area contributed by atoms with E-state index < -0.39 is 11.3 Å². The molecule has 0 radical (unpaired) electrons. The highest BCUT2D eigenvalue weighted by Gasteiger charge is 2.17. The summed E-state index contributed by atoms with van der Waals surface area (Å²) in [6.45, 7) is 2.54. The van der Waals surface area contributed by atoms with Crippen LogP contribution in [0.25, 0.3) is 40.2 Å². The number of fused-ring (bicyclic) bond motifs is 3. The normalized spacial score (nSPS) is 11.5. The Morgan fingerprint density at radius 1 is 0.969 bits per heavy atom. The molecule has 8 nitrogen and oxygen atoms in total. The molecule has 0 aliphatic carbocycles. The second-order valence-corrected chi connectivity index (χ2v) is 6.87. The number of rotatable bonds is 5. The monoisotopic (exact) mass is 427 g/mol. The van der Waals surface area contributed by atoms with Crippen LogP contribution in [0.1, 0.15) is 18.3 Å². The molecule has 0 atom stereocenters. The number of hydrogen-bond donors (Lipinski definition) is 0. The third-order valence-electron chi connectivity index (χ3n) is 4.83. The lowest BCUT2D eigenvalue weighted by Gasteiger charge is -2.06. The van der Waals surface area contributed by atoms with Gasteiger partial charge in [-0.25, -0.2) is 19.6 Å². The number of imidazole rings is 1. The standard InChI is InChI=1S/C24H17N3O5/c1-2-30-16-9-6-15(7-10-16)8-13-20-26-21-17(27(20)19-5-3-4-14-25-19)11-12-18-22(21)32-24(29)23(28)31-18/h3-14H,2H2,1H3/b13-8+. The van der Waals surface area contributed by atoms with E-state index >= 15 is 0 Å². The Balaban J connectivity index is 1.70. The molecule has 8 heteroatoms. The molecule has 0 saturated carbocycles. The highest BCUT2D eigenvalue weighted by atomic mass is 16.5. The molecule has 3 aromatic heterocycles. The number of pyridine rings is 1. The smallest absolute Gasteiger partial charge is 0.423 e. The molecule has 0 aliphatic heterocycles. The first-order valence-electron chi connectivity index (χ1n) is 9.96. The third-order valence-corrected chi connectivity index (χ3v) is 4.83. The average Bonchev–Trinajstić information content (AvgIpc) is 3.19. The Bertz CT molecular complexity index is 1560. The number of aromatic nitrogens is 3. The van der Waals surface area contributed by atoms with Crippen LogP contribution in [0.3, 0.4) is 0 Å². The SMILES string of the molecule is CCOc1ccc(/C=C/c2nc3c4oc(=O)c(=O)oc4ccc3n2-c2ccccn2)cc1. The zero-order chi connectivity index (χ0) is 22.1. The summed E-state index contributed by atoms with van der Waals surface area (Å²) in [4.78, 5) is 32.4. The maximum atomic E-state index is 11.8. The van der Waals surface area contributed by atoms with Crippen molar-refractivity contribution in [3.05, 3.63) is 93.0 Å². The van der Waals surface area contributed by atoms with Gasteiger partial charge in [0.2, 0.25) is 5.58 Å². The van der Waals surface area contributed by atoms with Crippen LogP contribution in [0.4, 0.5) is 0 Å². The lowest BCUT2D eigenvalue weighted by molar-refractivity contribution is 0.340. The first kappa shape index (κ1) is 19.5. The molecule has 0 spiro atoms. The molecule has 158 valence electrons. The maximum Gasteiger partial charge on any atom is 0.423 e. The zero-order valence-corrected chi connectivity index (χ0v) is 17.0. The van der Waals surface area contributed by atoms with Crippen LogP contribution < -0.4 is 16.0 Å². The first-order chi connectivity index (χ1) is 15.6. The van der Waals surface area contributed by atoms with Crippen LogP contribution in [-0.4, -0.2) is 21.1 Å². The van der Waals surface area contributed by atoms with Gasteiger partial charge >= 0.3 is 11.3 Å². The fourth-order valence-corrected chi connectivity index (χ4v) is 3.42. The number of hydrogen-bond acceptors (Lipinski definition) is 7. The molecular formula is C24H17N3O5. The van der Waals surface area contributed by atoms with Crippen molar-refractivity contribution in [1.29, 1.82) is 0 Å². The molecule has 3 heterocycles. The molecule has 0 amide bonds. The predicted octanol–water partition coefficient (Wildman–Crippen LogP) is 4.05. The van der Waals surface area contributed by atoms with Gasteiger partial charge in [0.05, 0.1) is 12.1 Å².